The van der Waals surface area contributed by atoms with E-state index in [0.717, 1.165) is 0 Å². The summed E-state index contributed by atoms with van der Waals surface area (Å²) in [6.07, 6.45) is 2.66. The minimum atomic E-state index is -0.935. The van der Waals surface area contributed by atoms with Gasteiger partial charge in [0.2, 0.25) is 0 Å². The molecule has 0 aliphatic heterocycles. The SMILES string of the molecule is CC(CC(=O)O)N(C)C(=O)c1ccncn1. The predicted molar refractivity (Wildman–Crippen MR) is 55.8 cm³/mol. The van der Waals surface area contributed by atoms with Crippen molar-refractivity contribution < 1.29 is 14.7 Å². The summed E-state index contributed by atoms with van der Waals surface area (Å²) < 4.78 is 0. The Morgan fingerprint density at radius 1 is 1.56 bits per heavy atom. The summed E-state index contributed by atoms with van der Waals surface area (Å²) in [6.45, 7) is 1.67. The highest BCUT2D eigenvalue weighted by atomic mass is 16.4. The molecule has 0 aliphatic rings. The van der Waals surface area contributed by atoms with Gasteiger partial charge in [0, 0.05) is 19.3 Å². The molecule has 0 bridgehead atoms. The molecule has 6 nitrogen and oxygen atoms in total. The molecule has 1 aromatic rings. The number of hydrogen-bond donors (Lipinski definition) is 1. The first-order valence-electron chi connectivity index (χ1n) is 4.77. The Morgan fingerprint density at radius 2 is 2.25 bits per heavy atom. The normalized spacial score (nSPS) is 11.9. The number of carbonyl (C=O) groups is 2. The average Bonchev–Trinajstić information content (AvgIpc) is 2.27. The largest absolute Gasteiger partial charge is 0.481 e. The second kappa shape index (κ2) is 5.20. The highest BCUT2D eigenvalue weighted by molar-refractivity contribution is 5.92. The van der Waals surface area contributed by atoms with Crippen LogP contribution in [0.4, 0.5) is 0 Å². The Hall–Kier alpha value is -1.98. The van der Waals surface area contributed by atoms with Gasteiger partial charge in [-0.15, -0.1) is 0 Å². The van der Waals surface area contributed by atoms with Gasteiger partial charge in [-0.1, -0.05) is 0 Å². The number of aliphatic carboxylic acids is 1. The van der Waals surface area contributed by atoms with Gasteiger partial charge in [0.1, 0.15) is 12.0 Å². The van der Waals surface area contributed by atoms with Crippen molar-refractivity contribution in [1.82, 2.24) is 14.9 Å². The van der Waals surface area contributed by atoms with Crippen LogP contribution in [0, 0.1) is 0 Å². The first-order valence-corrected chi connectivity index (χ1v) is 4.77. The van der Waals surface area contributed by atoms with E-state index in [1.807, 2.05) is 0 Å². The second-order valence-electron chi connectivity index (χ2n) is 3.46. The van der Waals surface area contributed by atoms with Crippen LogP contribution in [-0.4, -0.2) is 44.9 Å². The molecule has 1 aromatic heterocycles. The van der Waals surface area contributed by atoms with E-state index >= 15 is 0 Å². The Morgan fingerprint density at radius 3 is 2.75 bits per heavy atom. The highest BCUT2D eigenvalue weighted by Crippen LogP contribution is 2.06. The van der Waals surface area contributed by atoms with Crippen LogP contribution in [0.5, 0.6) is 0 Å². The predicted octanol–water partition coefficient (Wildman–Crippen LogP) is 0.412. The van der Waals surface area contributed by atoms with Crippen LogP contribution in [0.3, 0.4) is 0 Å². The maximum atomic E-state index is 11.8. The average molecular weight is 223 g/mol. The third-order valence-corrected chi connectivity index (χ3v) is 2.25. The zero-order valence-corrected chi connectivity index (χ0v) is 9.12. The molecule has 16 heavy (non-hydrogen) atoms. The maximum Gasteiger partial charge on any atom is 0.305 e. The van der Waals surface area contributed by atoms with E-state index in [9.17, 15) is 9.59 Å². The van der Waals surface area contributed by atoms with Crippen LogP contribution in [0.2, 0.25) is 0 Å². The molecule has 0 fully saturated rings. The van der Waals surface area contributed by atoms with Crippen molar-refractivity contribution in [2.75, 3.05) is 7.05 Å². The number of carboxylic acid groups (broad SMARTS) is 1. The van der Waals surface area contributed by atoms with Gasteiger partial charge in [0.05, 0.1) is 6.42 Å². The summed E-state index contributed by atoms with van der Waals surface area (Å²) in [5.41, 5.74) is 0.259. The molecule has 0 radical (unpaired) electrons. The summed E-state index contributed by atoms with van der Waals surface area (Å²) in [5, 5.41) is 8.62. The smallest absolute Gasteiger partial charge is 0.305 e. The number of aromatic nitrogens is 2. The first kappa shape index (κ1) is 12.1. The molecular weight excluding hydrogens is 210 g/mol. The van der Waals surface area contributed by atoms with E-state index in [4.69, 9.17) is 5.11 Å². The third kappa shape index (κ3) is 3.01. The first-order chi connectivity index (χ1) is 7.52. The molecular formula is C10H13N3O3. The van der Waals surface area contributed by atoms with Crippen molar-refractivity contribution in [2.45, 2.75) is 19.4 Å². The van der Waals surface area contributed by atoms with E-state index in [1.54, 1.807) is 14.0 Å². The molecule has 0 aliphatic carbocycles. The van der Waals surface area contributed by atoms with Gasteiger partial charge in [0.15, 0.2) is 0 Å². The fourth-order valence-corrected chi connectivity index (χ4v) is 1.19. The van der Waals surface area contributed by atoms with Crippen molar-refractivity contribution in [1.29, 1.82) is 0 Å². The van der Waals surface area contributed by atoms with Crippen LogP contribution < -0.4 is 0 Å². The van der Waals surface area contributed by atoms with Crippen LogP contribution in [0.1, 0.15) is 23.8 Å². The van der Waals surface area contributed by atoms with Crippen LogP contribution in [0.25, 0.3) is 0 Å². The van der Waals surface area contributed by atoms with Crippen LogP contribution in [-0.2, 0) is 4.79 Å². The molecule has 0 saturated carbocycles. The Labute approximate surface area is 92.9 Å². The lowest BCUT2D eigenvalue weighted by Gasteiger charge is -2.23. The number of carboxylic acids is 1. The Balaban J connectivity index is 2.71. The minimum Gasteiger partial charge on any atom is -0.481 e. The third-order valence-electron chi connectivity index (χ3n) is 2.25. The van der Waals surface area contributed by atoms with Crippen molar-refractivity contribution >= 4 is 11.9 Å². The topological polar surface area (TPSA) is 83.4 Å². The summed E-state index contributed by atoms with van der Waals surface area (Å²) in [7, 11) is 1.55. The van der Waals surface area contributed by atoms with E-state index in [0.29, 0.717) is 0 Å². The molecule has 0 spiro atoms. The zero-order valence-electron chi connectivity index (χ0n) is 9.12. The highest BCUT2D eigenvalue weighted by Gasteiger charge is 2.20. The molecule has 1 atom stereocenters. The Kier molecular flexibility index (Phi) is 3.93. The molecule has 1 N–H and O–H groups in total. The number of rotatable bonds is 4. The number of hydrogen-bond acceptors (Lipinski definition) is 4. The van der Waals surface area contributed by atoms with E-state index in [1.165, 1.54) is 23.5 Å². The van der Waals surface area contributed by atoms with Gasteiger partial charge in [0.25, 0.3) is 5.91 Å². The van der Waals surface area contributed by atoms with Gasteiger partial charge in [-0.05, 0) is 13.0 Å². The molecule has 0 aromatic carbocycles. The quantitative estimate of drug-likeness (QED) is 0.799. The molecule has 1 rings (SSSR count). The molecule has 1 heterocycles. The monoisotopic (exact) mass is 223 g/mol. The molecule has 0 saturated heterocycles. The van der Waals surface area contributed by atoms with Gasteiger partial charge in [-0.3, -0.25) is 9.59 Å². The molecule has 6 heteroatoms. The summed E-state index contributed by atoms with van der Waals surface area (Å²) in [5.74, 6) is -1.24. The number of carbonyl (C=O) groups excluding carboxylic acids is 1. The molecule has 1 amide bonds. The van der Waals surface area contributed by atoms with Crippen LogP contribution in [0.15, 0.2) is 18.6 Å². The summed E-state index contributed by atoms with van der Waals surface area (Å²) in [4.78, 5) is 31.2. The molecule has 1 unspecified atom stereocenters. The lowest BCUT2D eigenvalue weighted by molar-refractivity contribution is -0.137. The number of amides is 1. The second-order valence-corrected chi connectivity index (χ2v) is 3.46. The van der Waals surface area contributed by atoms with Gasteiger partial charge in [-0.2, -0.15) is 0 Å². The van der Waals surface area contributed by atoms with Crippen molar-refractivity contribution in [3.8, 4) is 0 Å². The van der Waals surface area contributed by atoms with Crippen LogP contribution >= 0.6 is 0 Å². The van der Waals surface area contributed by atoms with Crippen molar-refractivity contribution in [3.05, 3.63) is 24.3 Å². The van der Waals surface area contributed by atoms with Crippen molar-refractivity contribution in [2.24, 2.45) is 0 Å². The zero-order chi connectivity index (χ0) is 12.1. The minimum absolute atomic E-state index is 0.0900. The fourth-order valence-electron chi connectivity index (χ4n) is 1.19. The molecule has 86 valence electrons. The van der Waals surface area contributed by atoms with Gasteiger partial charge >= 0.3 is 5.97 Å². The standard InChI is InChI=1S/C10H13N3O3/c1-7(5-9(14)15)13(2)10(16)8-3-4-11-6-12-8/h3-4,6-7H,5H2,1-2H3,(H,14,15). The Bertz CT molecular complexity index is 380. The van der Waals surface area contributed by atoms with Crippen molar-refractivity contribution in [3.63, 3.8) is 0 Å². The summed E-state index contributed by atoms with van der Waals surface area (Å²) in [6, 6.07) is 1.12. The summed E-state index contributed by atoms with van der Waals surface area (Å²) >= 11 is 0. The van der Waals surface area contributed by atoms with Gasteiger partial charge in [-0.25, -0.2) is 9.97 Å². The fraction of sp³-hybridized carbons (Fsp3) is 0.400. The van der Waals surface area contributed by atoms with E-state index in [-0.39, 0.29) is 24.1 Å². The van der Waals surface area contributed by atoms with E-state index < -0.39 is 5.97 Å². The van der Waals surface area contributed by atoms with Gasteiger partial charge < -0.3 is 10.0 Å². The number of nitrogens with zero attached hydrogens (tertiary/aromatic N) is 3. The van der Waals surface area contributed by atoms with E-state index in [2.05, 4.69) is 9.97 Å². The maximum absolute atomic E-state index is 11.8. The lowest BCUT2D eigenvalue weighted by atomic mass is 10.2. The lowest BCUT2D eigenvalue weighted by Crippen LogP contribution is -2.36.